The first kappa shape index (κ1) is 23.2. The summed E-state index contributed by atoms with van der Waals surface area (Å²) in [6.07, 6.45) is 2.45. The van der Waals surface area contributed by atoms with Gasteiger partial charge in [0.25, 0.3) is 10.0 Å². The molecule has 2 saturated heterocycles. The molecule has 0 bridgehead atoms. The van der Waals surface area contributed by atoms with Gasteiger partial charge < -0.3 is 9.64 Å². The van der Waals surface area contributed by atoms with Gasteiger partial charge in [-0.15, -0.1) is 11.3 Å². The summed E-state index contributed by atoms with van der Waals surface area (Å²) in [7, 11) is -1.83. The second-order valence-corrected chi connectivity index (χ2v) is 11.5. The molecule has 0 radical (unpaired) electrons. The smallest absolute Gasteiger partial charge is 0.252 e. The second kappa shape index (κ2) is 10.3. The summed E-state index contributed by atoms with van der Waals surface area (Å²) in [5.74, 6) is 0.723. The zero-order valence-electron chi connectivity index (χ0n) is 18.5. The van der Waals surface area contributed by atoms with Crippen molar-refractivity contribution in [1.82, 2.24) is 14.1 Å². The minimum Gasteiger partial charge on any atom is -0.497 e. The Morgan fingerprint density at radius 3 is 2.50 bits per heavy atom. The number of hydrogen-bond acceptors (Lipinski definition) is 6. The van der Waals surface area contributed by atoms with Gasteiger partial charge in [-0.05, 0) is 48.4 Å². The molecule has 1 atom stereocenters. The fourth-order valence-corrected chi connectivity index (χ4v) is 7.10. The summed E-state index contributed by atoms with van der Waals surface area (Å²) < 4.78 is 32.8. The molecule has 0 aliphatic carbocycles. The molecule has 174 valence electrons. The first-order valence-electron chi connectivity index (χ1n) is 11.1. The van der Waals surface area contributed by atoms with Crippen molar-refractivity contribution in [1.29, 1.82) is 0 Å². The normalized spacial score (nSPS) is 20.9. The van der Waals surface area contributed by atoms with E-state index in [2.05, 4.69) is 17.0 Å². The van der Waals surface area contributed by atoms with Crippen LogP contribution < -0.4 is 4.74 Å². The number of ether oxygens (including phenoxy) is 1. The Balaban J connectivity index is 1.26. The van der Waals surface area contributed by atoms with Gasteiger partial charge in [-0.25, -0.2) is 8.42 Å². The van der Waals surface area contributed by atoms with Crippen molar-refractivity contribution in [2.75, 3.05) is 52.9 Å². The summed E-state index contributed by atoms with van der Waals surface area (Å²) >= 11 is 1.23. The maximum absolute atomic E-state index is 13.1. The molecule has 2 aromatic rings. The Morgan fingerprint density at radius 2 is 1.84 bits per heavy atom. The topological polar surface area (TPSA) is 70.2 Å². The number of piperazine rings is 1. The van der Waals surface area contributed by atoms with E-state index in [1.807, 2.05) is 17.0 Å². The minimum absolute atomic E-state index is 0.103. The van der Waals surface area contributed by atoms with Crippen molar-refractivity contribution in [3.63, 3.8) is 0 Å². The first-order valence-corrected chi connectivity index (χ1v) is 13.5. The van der Waals surface area contributed by atoms with Gasteiger partial charge in [0, 0.05) is 45.8 Å². The molecule has 1 amide bonds. The summed E-state index contributed by atoms with van der Waals surface area (Å²) in [6.45, 7) is 4.85. The third-order valence-corrected chi connectivity index (χ3v) is 9.62. The number of carbonyl (C=O) groups excluding carboxylic acids is 1. The molecule has 2 fully saturated rings. The van der Waals surface area contributed by atoms with Gasteiger partial charge in [0.2, 0.25) is 5.91 Å². The maximum atomic E-state index is 13.1. The highest BCUT2D eigenvalue weighted by Gasteiger charge is 2.36. The van der Waals surface area contributed by atoms with Gasteiger partial charge in [-0.2, -0.15) is 4.31 Å². The number of nitrogens with zero attached hydrogens (tertiary/aromatic N) is 3. The van der Waals surface area contributed by atoms with Crippen molar-refractivity contribution in [2.24, 2.45) is 5.92 Å². The van der Waals surface area contributed by atoms with E-state index in [0.29, 0.717) is 23.8 Å². The van der Waals surface area contributed by atoms with Gasteiger partial charge in [-0.1, -0.05) is 18.2 Å². The Kier molecular flexibility index (Phi) is 7.50. The van der Waals surface area contributed by atoms with E-state index in [9.17, 15) is 13.2 Å². The molecule has 3 heterocycles. The van der Waals surface area contributed by atoms with Crippen molar-refractivity contribution in [2.45, 2.75) is 23.5 Å². The molecule has 9 heteroatoms. The number of sulfonamides is 1. The molecule has 2 aliphatic rings. The quantitative estimate of drug-likeness (QED) is 0.613. The molecule has 1 aromatic carbocycles. The largest absolute Gasteiger partial charge is 0.497 e. The number of thiophene rings is 1. The molecule has 1 aromatic heterocycles. The van der Waals surface area contributed by atoms with Crippen LogP contribution in [0.15, 0.2) is 46.0 Å². The van der Waals surface area contributed by atoms with Crippen LogP contribution in [0.3, 0.4) is 0 Å². The number of carbonyl (C=O) groups is 1. The van der Waals surface area contributed by atoms with Gasteiger partial charge in [0.15, 0.2) is 0 Å². The highest BCUT2D eigenvalue weighted by Crippen LogP contribution is 2.27. The number of methoxy groups -OCH3 is 1. The maximum Gasteiger partial charge on any atom is 0.252 e. The third-order valence-electron chi connectivity index (χ3n) is 6.38. The number of piperidine rings is 1. The summed E-state index contributed by atoms with van der Waals surface area (Å²) in [6, 6.07) is 11.5. The van der Waals surface area contributed by atoms with Gasteiger partial charge in [0.1, 0.15) is 9.96 Å². The molecule has 32 heavy (non-hydrogen) atoms. The number of rotatable bonds is 7. The van der Waals surface area contributed by atoms with Crippen LogP contribution in [0.4, 0.5) is 0 Å². The zero-order valence-corrected chi connectivity index (χ0v) is 20.1. The monoisotopic (exact) mass is 477 g/mol. The van der Waals surface area contributed by atoms with Crippen molar-refractivity contribution < 1.29 is 17.9 Å². The van der Waals surface area contributed by atoms with E-state index >= 15 is 0 Å². The SMILES string of the molecule is COc1ccc(CCN2CCN(C(=O)C3CCCN(S(=O)(=O)c4cccs4)C3)CC2)cc1. The van der Waals surface area contributed by atoms with E-state index < -0.39 is 10.0 Å². The van der Waals surface area contributed by atoms with Crippen LogP contribution in [-0.2, 0) is 21.2 Å². The Bertz CT molecular complexity index is 985. The standard InChI is InChI=1S/C23H31N3O4S2/c1-30-21-8-6-19(7-9-21)10-12-24-13-15-25(16-14-24)23(27)20-4-2-11-26(18-20)32(28,29)22-5-3-17-31-22/h3,5-9,17,20H,2,4,10-16,18H2,1H3. The Morgan fingerprint density at radius 1 is 1.09 bits per heavy atom. The fourth-order valence-electron chi connectivity index (χ4n) is 4.43. The summed E-state index contributed by atoms with van der Waals surface area (Å²) in [5.41, 5.74) is 1.28. The highest BCUT2D eigenvalue weighted by molar-refractivity contribution is 7.91. The highest BCUT2D eigenvalue weighted by atomic mass is 32.2. The van der Waals surface area contributed by atoms with Crippen LogP contribution in [0.25, 0.3) is 0 Å². The second-order valence-electron chi connectivity index (χ2n) is 8.40. The van der Waals surface area contributed by atoms with Gasteiger partial charge in [0.05, 0.1) is 13.0 Å². The lowest BCUT2D eigenvalue weighted by molar-refractivity contribution is -0.138. The molecule has 0 saturated carbocycles. The van der Waals surface area contributed by atoms with Crippen LogP contribution in [0.1, 0.15) is 18.4 Å². The van der Waals surface area contributed by atoms with E-state index in [1.165, 1.54) is 21.2 Å². The first-order chi connectivity index (χ1) is 15.5. The number of hydrogen-bond donors (Lipinski definition) is 0. The van der Waals surface area contributed by atoms with Crippen molar-refractivity contribution >= 4 is 27.3 Å². The van der Waals surface area contributed by atoms with E-state index in [-0.39, 0.29) is 18.4 Å². The molecule has 1 unspecified atom stereocenters. The summed E-state index contributed by atoms with van der Waals surface area (Å²) in [5, 5.41) is 1.77. The minimum atomic E-state index is -3.50. The molecular weight excluding hydrogens is 446 g/mol. The Hall–Kier alpha value is -1.94. The van der Waals surface area contributed by atoms with Crippen LogP contribution in [-0.4, -0.2) is 81.4 Å². The van der Waals surface area contributed by atoms with Crippen molar-refractivity contribution in [3.8, 4) is 5.75 Å². The van der Waals surface area contributed by atoms with Crippen LogP contribution in [0.2, 0.25) is 0 Å². The van der Waals surface area contributed by atoms with E-state index in [4.69, 9.17) is 4.74 Å². The number of amides is 1. The van der Waals surface area contributed by atoms with Crippen LogP contribution in [0, 0.1) is 5.92 Å². The lowest BCUT2D eigenvalue weighted by atomic mass is 9.97. The van der Waals surface area contributed by atoms with Gasteiger partial charge >= 0.3 is 0 Å². The molecule has 7 nitrogen and oxygen atoms in total. The molecule has 0 N–H and O–H groups in total. The van der Waals surface area contributed by atoms with Crippen LogP contribution >= 0.6 is 11.3 Å². The molecule has 0 spiro atoms. The third kappa shape index (κ3) is 5.33. The zero-order chi connectivity index (χ0) is 22.6. The average molecular weight is 478 g/mol. The Labute approximate surface area is 194 Å². The van der Waals surface area contributed by atoms with Crippen molar-refractivity contribution in [3.05, 3.63) is 47.3 Å². The molecular formula is C23H31N3O4S2. The van der Waals surface area contributed by atoms with Crippen LogP contribution in [0.5, 0.6) is 5.75 Å². The average Bonchev–Trinajstić information content (AvgIpc) is 3.39. The lowest BCUT2D eigenvalue weighted by Crippen LogP contribution is -2.53. The predicted octanol–water partition coefficient (Wildman–Crippen LogP) is 2.54. The number of benzene rings is 1. The van der Waals surface area contributed by atoms with Gasteiger partial charge in [-0.3, -0.25) is 9.69 Å². The lowest BCUT2D eigenvalue weighted by Gasteiger charge is -2.38. The fraction of sp³-hybridized carbons (Fsp3) is 0.522. The predicted molar refractivity (Wildman–Crippen MR) is 126 cm³/mol. The molecule has 2 aliphatic heterocycles. The molecule has 4 rings (SSSR count). The van der Waals surface area contributed by atoms with E-state index in [1.54, 1.807) is 24.6 Å². The summed E-state index contributed by atoms with van der Waals surface area (Å²) in [4.78, 5) is 17.5. The van der Waals surface area contributed by atoms with E-state index in [0.717, 1.165) is 44.6 Å².